The lowest BCUT2D eigenvalue weighted by Crippen LogP contribution is -2.55. The first-order valence-electron chi connectivity index (χ1n) is 14.5. The Morgan fingerprint density at radius 2 is 1.93 bits per heavy atom. The number of aromatic nitrogens is 1. The maximum atomic E-state index is 14.1. The molecule has 0 bridgehead atoms. The van der Waals surface area contributed by atoms with E-state index in [9.17, 15) is 28.3 Å². The average Bonchev–Trinajstić information content (AvgIpc) is 3.28. The van der Waals surface area contributed by atoms with Gasteiger partial charge in [-0.25, -0.2) is 18.6 Å². The number of carboxylic acids is 1. The van der Waals surface area contributed by atoms with Crippen LogP contribution in [0.3, 0.4) is 0 Å². The van der Waals surface area contributed by atoms with E-state index >= 15 is 0 Å². The number of carbonyl (C=O) groups excluding carboxylic acids is 2. The third kappa shape index (κ3) is 6.20. The molecule has 1 aliphatic carbocycles. The van der Waals surface area contributed by atoms with Crippen LogP contribution in [0.4, 0.5) is 14.5 Å². The molecule has 2 fully saturated rings. The molecule has 3 aliphatic rings. The minimum absolute atomic E-state index is 0.0614. The molecule has 1 saturated carbocycles. The number of carbonyl (C=O) groups is 3. The van der Waals surface area contributed by atoms with E-state index in [0.29, 0.717) is 18.0 Å². The lowest BCUT2D eigenvalue weighted by Gasteiger charge is -2.30. The predicted octanol–water partition coefficient (Wildman–Crippen LogP) is 4.88. The van der Waals surface area contributed by atoms with Crippen LogP contribution in [-0.4, -0.2) is 63.0 Å². The van der Waals surface area contributed by atoms with E-state index in [2.05, 4.69) is 15.6 Å². The summed E-state index contributed by atoms with van der Waals surface area (Å²) in [5.41, 5.74) is -0.539. The summed E-state index contributed by atoms with van der Waals surface area (Å²) < 4.78 is 35.1. The number of amides is 2. The first kappa shape index (κ1) is 29.0. The van der Waals surface area contributed by atoms with Crippen LogP contribution in [0, 0.1) is 17.6 Å². The summed E-state index contributed by atoms with van der Waals surface area (Å²) >= 11 is 1.36. The van der Waals surface area contributed by atoms with E-state index in [4.69, 9.17) is 4.74 Å². The van der Waals surface area contributed by atoms with Gasteiger partial charge < -0.3 is 25.4 Å². The topological polar surface area (TPSA) is 121 Å². The number of fused-ring (bicyclic) bond motifs is 3. The van der Waals surface area contributed by atoms with Gasteiger partial charge in [0.15, 0.2) is 0 Å². The SMILES string of the molecule is O=C1N[C@]2(C(=O)O)C[C@@H]2/C=C\CCCCC[C@H](Nc2cc(F)cc(F)c2)C(=O)N2C[C@H](Oc3nc4ccccc4s3)C[C@@H]12. The quantitative estimate of drug-likeness (QED) is 0.352. The Morgan fingerprint density at radius 1 is 1.14 bits per heavy atom. The van der Waals surface area contributed by atoms with Crippen LogP contribution < -0.4 is 15.4 Å². The number of halogens is 2. The Bertz CT molecular complexity index is 1530. The summed E-state index contributed by atoms with van der Waals surface area (Å²) in [5.74, 6) is -4.01. The van der Waals surface area contributed by atoms with Gasteiger partial charge in [-0.3, -0.25) is 9.59 Å². The summed E-state index contributed by atoms with van der Waals surface area (Å²) in [4.78, 5) is 46.1. The van der Waals surface area contributed by atoms with Gasteiger partial charge in [-0.2, -0.15) is 0 Å². The minimum atomic E-state index is -1.43. The first-order valence-corrected chi connectivity index (χ1v) is 15.3. The third-order valence-electron chi connectivity index (χ3n) is 8.37. The second kappa shape index (κ2) is 11.9. The highest BCUT2D eigenvalue weighted by Gasteiger charge is 2.61. The molecule has 2 aromatic carbocycles. The van der Waals surface area contributed by atoms with E-state index in [0.717, 1.165) is 47.7 Å². The minimum Gasteiger partial charge on any atom is -0.479 e. The zero-order valence-electron chi connectivity index (χ0n) is 23.3. The number of nitrogens with one attached hydrogen (secondary N) is 2. The van der Waals surface area contributed by atoms with Gasteiger partial charge in [-0.1, -0.05) is 48.5 Å². The van der Waals surface area contributed by atoms with Crippen molar-refractivity contribution in [3.8, 4) is 5.19 Å². The Labute approximate surface area is 250 Å². The highest BCUT2D eigenvalue weighted by atomic mass is 32.1. The fraction of sp³-hybridized carbons (Fsp3) is 0.419. The van der Waals surface area contributed by atoms with Crippen LogP contribution in [0.15, 0.2) is 54.6 Å². The zero-order valence-corrected chi connectivity index (χ0v) is 24.1. The van der Waals surface area contributed by atoms with E-state index in [1.54, 1.807) is 0 Å². The number of hydrogen-bond donors (Lipinski definition) is 3. The smallest absolute Gasteiger partial charge is 0.330 e. The van der Waals surface area contributed by atoms with Gasteiger partial charge in [0.1, 0.15) is 35.4 Å². The lowest BCUT2D eigenvalue weighted by atomic mass is 10.0. The number of carboxylic acid groups (broad SMARTS) is 1. The molecule has 5 atom stereocenters. The molecular formula is C31H32F2N4O5S. The van der Waals surface area contributed by atoms with E-state index in [1.807, 2.05) is 36.4 Å². The summed E-state index contributed by atoms with van der Waals surface area (Å²) in [6.45, 7) is 0.0614. The number of benzene rings is 2. The standard InChI is InChI=1S/C31H32F2N4O5S/c32-19-12-20(33)14-21(13-19)34-24-10-5-3-1-2-4-8-18-16-31(18,29(40)41)36-27(38)25-15-22(17-37(25)28(24)39)42-30-35-23-9-6-7-11-26(23)43-30/h4,6-9,11-14,18,22,24-25,34H,1-3,5,10,15-17H2,(H,36,38)(H,40,41)/b8-4-/t18-,22+,24-,25-,31+/m0/s1. The molecule has 2 amide bonds. The van der Waals surface area contributed by atoms with Gasteiger partial charge in [-0.15, -0.1) is 0 Å². The van der Waals surface area contributed by atoms with Crippen molar-refractivity contribution < 1.29 is 33.0 Å². The van der Waals surface area contributed by atoms with Gasteiger partial charge in [0.05, 0.1) is 16.8 Å². The van der Waals surface area contributed by atoms with Crippen molar-refractivity contribution >= 4 is 45.0 Å². The van der Waals surface area contributed by atoms with Crippen LogP contribution in [0.25, 0.3) is 10.2 Å². The molecule has 9 nitrogen and oxygen atoms in total. The zero-order chi connectivity index (χ0) is 30.1. The Balaban J connectivity index is 1.30. The molecule has 0 spiro atoms. The summed E-state index contributed by atoms with van der Waals surface area (Å²) in [7, 11) is 0. The second-order valence-corrected chi connectivity index (χ2v) is 12.4. The van der Waals surface area contributed by atoms with Crippen molar-refractivity contribution in [2.24, 2.45) is 5.92 Å². The maximum absolute atomic E-state index is 14.1. The molecule has 226 valence electrons. The molecule has 43 heavy (non-hydrogen) atoms. The number of rotatable bonds is 5. The summed E-state index contributed by atoms with van der Waals surface area (Å²) in [6, 6.07) is 8.67. The van der Waals surface area contributed by atoms with E-state index in [1.165, 1.54) is 16.2 Å². The molecule has 2 aliphatic heterocycles. The van der Waals surface area contributed by atoms with Gasteiger partial charge in [0.25, 0.3) is 5.19 Å². The molecule has 1 aromatic heterocycles. The Morgan fingerprint density at radius 3 is 2.70 bits per heavy atom. The van der Waals surface area contributed by atoms with Crippen molar-refractivity contribution in [3.63, 3.8) is 0 Å². The number of anilines is 1. The number of nitrogens with zero attached hydrogens (tertiary/aromatic N) is 2. The molecule has 0 unspecified atom stereocenters. The largest absolute Gasteiger partial charge is 0.479 e. The predicted molar refractivity (Wildman–Crippen MR) is 157 cm³/mol. The van der Waals surface area contributed by atoms with Crippen molar-refractivity contribution in [1.29, 1.82) is 0 Å². The maximum Gasteiger partial charge on any atom is 0.330 e. The summed E-state index contributed by atoms with van der Waals surface area (Å²) in [5, 5.41) is 16.2. The average molecular weight is 611 g/mol. The van der Waals surface area contributed by atoms with Crippen LogP contribution in [0.2, 0.25) is 0 Å². The number of para-hydroxylation sites is 1. The Hall–Kier alpha value is -4.06. The molecule has 12 heteroatoms. The van der Waals surface area contributed by atoms with Gasteiger partial charge in [-0.05, 0) is 49.9 Å². The van der Waals surface area contributed by atoms with E-state index in [-0.39, 0.29) is 31.0 Å². The summed E-state index contributed by atoms with van der Waals surface area (Å²) in [6.07, 6.45) is 7.01. The third-order valence-corrected chi connectivity index (χ3v) is 9.29. The number of hydrogen-bond acceptors (Lipinski definition) is 7. The van der Waals surface area contributed by atoms with Gasteiger partial charge in [0.2, 0.25) is 11.8 Å². The van der Waals surface area contributed by atoms with Crippen LogP contribution in [0.5, 0.6) is 5.19 Å². The molecule has 3 aromatic rings. The van der Waals surface area contributed by atoms with E-state index < -0.39 is 53.1 Å². The molecule has 0 radical (unpaired) electrons. The van der Waals surface area contributed by atoms with Crippen LogP contribution in [0.1, 0.15) is 44.9 Å². The van der Waals surface area contributed by atoms with Gasteiger partial charge in [0, 0.05) is 24.1 Å². The van der Waals surface area contributed by atoms with Crippen molar-refractivity contribution in [3.05, 3.63) is 66.3 Å². The monoisotopic (exact) mass is 610 g/mol. The number of ether oxygens (including phenoxy) is 1. The van der Waals surface area contributed by atoms with Crippen LogP contribution >= 0.6 is 11.3 Å². The first-order chi connectivity index (χ1) is 20.7. The highest BCUT2D eigenvalue weighted by Crippen LogP contribution is 2.45. The highest BCUT2D eigenvalue weighted by molar-refractivity contribution is 7.20. The van der Waals surface area contributed by atoms with Crippen molar-refractivity contribution in [2.45, 2.75) is 68.7 Å². The van der Waals surface area contributed by atoms with Gasteiger partial charge >= 0.3 is 5.97 Å². The molecular weight excluding hydrogens is 578 g/mol. The Kier molecular flexibility index (Phi) is 8.04. The van der Waals surface area contributed by atoms with Crippen molar-refractivity contribution in [2.75, 3.05) is 11.9 Å². The molecule has 3 N–H and O–H groups in total. The lowest BCUT2D eigenvalue weighted by molar-refractivity contribution is -0.145. The van der Waals surface area contributed by atoms with Crippen LogP contribution in [-0.2, 0) is 14.4 Å². The number of aliphatic carboxylic acids is 1. The number of thiazole rings is 1. The second-order valence-electron chi connectivity index (χ2n) is 11.4. The molecule has 1 saturated heterocycles. The normalized spacial score (nSPS) is 28.7. The molecule has 3 heterocycles. The fourth-order valence-corrected chi connectivity index (χ4v) is 6.91. The fourth-order valence-electron chi connectivity index (χ4n) is 6.03. The number of allylic oxidation sites excluding steroid dienone is 1. The molecule has 6 rings (SSSR count). The van der Waals surface area contributed by atoms with Crippen molar-refractivity contribution in [1.82, 2.24) is 15.2 Å².